The molecule has 1 N–H and O–H groups in total. The van der Waals surface area contributed by atoms with Gasteiger partial charge in [-0.25, -0.2) is 0 Å². The average molecular weight is 547 g/mol. The van der Waals surface area contributed by atoms with Crippen molar-refractivity contribution in [3.8, 4) is 0 Å². The predicted molar refractivity (Wildman–Crippen MR) is 162 cm³/mol. The fourth-order valence-electron chi connectivity index (χ4n) is 11.9. The molecule has 0 amide bonds. The van der Waals surface area contributed by atoms with Crippen LogP contribution >= 0.6 is 0 Å². The van der Waals surface area contributed by atoms with Crippen LogP contribution in [0.4, 0.5) is 0 Å². The molecule has 5 aliphatic carbocycles. The second-order valence-electron chi connectivity index (χ2n) is 16.3. The van der Waals surface area contributed by atoms with Crippen LogP contribution in [0, 0.1) is 56.7 Å². The Hall–Kier alpha value is -1.61. The lowest BCUT2D eigenvalue weighted by molar-refractivity contribution is -0.215. The average Bonchev–Trinajstić information content (AvgIpc) is 2.91. The summed E-state index contributed by atoms with van der Waals surface area (Å²) in [6.07, 6.45) is 12.7. The Morgan fingerprint density at radius 2 is 1.62 bits per heavy atom. The Bertz CT molecular complexity index is 1170. The molecule has 0 bridgehead atoms. The number of allylic oxidation sites excluding steroid dienone is 2. The first-order valence-corrected chi connectivity index (χ1v) is 16.4. The van der Waals surface area contributed by atoms with E-state index in [1.54, 1.807) is 5.57 Å². The zero-order valence-corrected chi connectivity index (χ0v) is 26.3. The Kier molecular flexibility index (Phi) is 6.73. The summed E-state index contributed by atoms with van der Waals surface area (Å²) in [4.78, 5) is 13.0. The minimum atomic E-state index is -0.558. The Balaban J connectivity index is 1.32. The summed E-state index contributed by atoms with van der Waals surface area (Å²) < 4.78 is 6.69. The first kappa shape index (κ1) is 28.5. The number of ether oxygens (including phenoxy) is 1. The van der Waals surface area contributed by atoms with Gasteiger partial charge in [-0.15, -0.1) is 0 Å². The van der Waals surface area contributed by atoms with Crippen LogP contribution in [-0.2, 0) is 16.1 Å². The minimum absolute atomic E-state index is 0.0869. The van der Waals surface area contributed by atoms with Gasteiger partial charge in [-0.05, 0) is 115 Å². The summed E-state index contributed by atoms with van der Waals surface area (Å²) in [6.45, 7) is 18.2. The van der Waals surface area contributed by atoms with E-state index in [9.17, 15) is 9.90 Å². The molecule has 1 unspecified atom stereocenters. The van der Waals surface area contributed by atoms with Gasteiger partial charge in [-0.3, -0.25) is 4.79 Å². The maximum absolute atomic E-state index is 13.0. The Morgan fingerprint density at radius 3 is 2.33 bits per heavy atom. The topological polar surface area (TPSA) is 46.5 Å². The van der Waals surface area contributed by atoms with Crippen LogP contribution in [0.1, 0.15) is 112 Å². The van der Waals surface area contributed by atoms with Gasteiger partial charge in [0.25, 0.3) is 0 Å². The van der Waals surface area contributed by atoms with Crippen molar-refractivity contribution in [2.75, 3.05) is 0 Å². The van der Waals surface area contributed by atoms with Crippen molar-refractivity contribution in [1.29, 1.82) is 0 Å². The van der Waals surface area contributed by atoms with Crippen molar-refractivity contribution in [2.24, 2.45) is 56.7 Å². The van der Waals surface area contributed by atoms with Gasteiger partial charge < -0.3 is 9.84 Å². The van der Waals surface area contributed by atoms with E-state index >= 15 is 0 Å². The summed E-state index contributed by atoms with van der Waals surface area (Å²) in [5.41, 5.74) is 2.96. The van der Waals surface area contributed by atoms with Gasteiger partial charge in [0.05, 0.1) is 18.1 Å². The van der Waals surface area contributed by atoms with Crippen LogP contribution < -0.4 is 0 Å². The Labute approximate surface area is 243 Å². The van der Waals surface area contributed by atoms with Crippen molar-refractivity contribution >= 4 is 5.97 Å². The molecule has 220 valence electrons. The van der Waals surface area contributed by atoms with Gasteiger partial charge in [-0.1, -0.05) is 90.4 Å². The maximum atomic E-state index is 13.0. The summed E-state index contributed by atoms with van der Waals surface area (Å²) in [5, 5.41) is 10.7. The van der Waals surface area contributed by atoms with Crippen molar-refractivity contribution in [3.63, 3.8) is 0 Å². The number of carboxylic acid groups (broad SMARTS) is 1. The summed E-state index contributed by atoms with van der Waals surface area (Å²) >= 11 is 0. The van der Waals surface area contributed by atoms with E-state index in [1.807, 2.05) is 0 Å². The van der Waals surface area contributed by atoms with Crippen LogP contribution in [0.5, 0.6) is 0 Å². The molecule has 0 saturated heterocycles. The number of rotatable bonds is 4. The van der Waals surface area contributed by atoms with Crippen molar-refractivity contribution in [3.05, 3.63) is 47.5 Å². The van der Waals surface area contributed by atoms with E-state index in [0.29, 0.717) is 30.3 Å². The number of carbonyl (C=O) groups is 1. The summed E-state index contributed by atoms with van der Waals surface area (Å²) in [5.74, 6) is 1.95. The fraction of sp³-hybridized carbons (Fsp3) is 0.757. The van der Waals surface area contributed by atoms with Crippen LogP contribution in [0.15, 0.2) is 42.0 Å². The van der Waals surface area contributed by atoms with Gasteiger partial charge in [0.15, 0.2) is 0 Å². The number of carboxylic acids is 1. The number of hydrogen-bond acceptors (Lipinski definition) is 2. The number of aliphatic carboxylic acids is 1. The molecular formula is C37H54O3. The minimum Gasteiger partial charge on any atom is -0.481 e. The highest BCUT2D eigenvalue weighted by Gasteiger charge is 2.69. The molecule has 4 fully saturated rings. The molecule has 5 aliphatic rings. The van der Waals surface area contributed by atoms with Gasteiger partial charge in [-0.2, -0.15) is 0 Å². The highest BCUT2D eigenvalue weighted by atomic mass is 16.5. The molecule has 40 heavy (non-hydrogen) atoms. The molecular weight excluding hydrogens is 492 g/mol. The van der Waals surface area contributed by atoms with Gasteiger partial charge in [0.1, 0.15) is 0 Å². The van der Waals surface area contributed by atoms with Crippen LogP contribution in [0.3, 0.4) is 0 Å². The molecule has 0 spiro atoms. The SMILES string of the molecule is C[C@H]1[C@H](C)CC[C@]2(C(=O)O)CC[C@]3(C)C(=CC[C@@H]4[C@@]5(C)CC[C@H](OCc6ccccc6)C(C)(C)C5CC[C@]43C)[C@H]12. The van der Waals surface area contributed by atoms with E-state index in [0.717, 1.165) is 38.5 Å². The molecule has 3 heteroatoms. The molecule has 0 radical (unpaired) electrons. The molecule has 0 aromatic heterocycles. The predicted octanol–water partition coefficient (Wildman–Crippen LogP) is 9.31. The molecule has 3 nitrogen and oxygen atoms in total. The largest absolute Gasteiger partial charge is 0.481 e. The van der Waals surface area contributed by atoms with E-state index in [2.05, 4.69) is 84.9 Å². The zero-order valence-electron chi connectivity index (χ0n) is 26.3. The summed E-state index contributed by atoms with van der Waals surface area (Å²) in [6, 6.07) is 10.6. The smallest absolute Gasteiger partial charge is 0.310 e. The third-order valence-corrected chi connectivity index (χ3v) is 14.6. The normalized spacial score (nSPS) is 47.6. The van der Waals surface area contributed by atoms with Gasteiger partial charge in [0, 0.05) is 0 Å². The molecule has 6 rings (SSSR count). The van der Waals surface area contributed by atoms with Crippen molar-refractivity contribution < 1.29 is 14.6 Å². The van der Waals surface area contributed by atoms with Crippen LogP contribution in [0.2, 0.25) is 0 Å². The highest BCUT2D eigenvalue weighted by molar-refractivity contribution is 5.76. The number of fused-ring (bicyclic) bond motifs is 7. The standard InChI is InChI=1S/C37H54O3/c1-24-15-20-37(32(38)39)22-21-35(6)27(31(37)25(24)2)13-14-29-34(5)18-17-30(40-23-26-11-9-8-10-12-26)33(3,4)28(34)16-19-36(29,35)7/h8-13,24-25,28-31H,14-23H2,1-7H3,(H,38,39)/t24-,25+,28?,29-,30+,31+,34+,35-,36-,37+/m1/s1. The van der Waals surface area contributed by atoms with E-state index in [4.69, 9.17) is 4.74 Å². The Morgan fingerprint density at radius 1 is 0.900 bits per heavy atom. The van der Waals surface area contributed by atoms with Gasteiger partial charge in [0.2, 0.25) is 0 Å². The highest BCUT2D eigenvalue weighted by Crippen LogP contribution is 2.75. The summed E-state index contributed by atoms with van der Waals surface area (Å²) in [7, 11) is 0. The number of benzene rings is 1. The monoisotopic (exact) mass is 546 g/mol. The lowest BCUT2D eigenvalue weighted by atomic mass is 9.33. The lowest BCUT2D eigenvalue weighted by Gasteiger charge is -2.71. The van der Waals surface area contributed by atoms with E-state index < -0.39 is 11.4 Å². The number of hydrogen-bond donors (Lipinski definition) is 1. The van der Waals surface area contributed by atoms with E-state index in [-0.39, 0.29) is 33.7 Å². The zero-order chi connectivity index (χ0) is 28.7. The van der Waals surface area contributed by atoms with Gasteiger partial charge >= 0.3 is 5.97 Å². The molecule has 4 saturated carbocycles. The third-order valence-electron chi connectivity index (χ3n) is 14.6. The second-order valence-corrected chi connectivity index (χ2v) is 16.3. The molecule has 0 aliphatic heterocycles. The van der Waals surface area contributed by atoms with Crippen molar-refractivity contribution in [2.45, 2.75) is 119 Å². The lowest BCUT2D eigenvalue weighted by Crippen LogP contribution is -2.65. The van der Waals surface area contributed by atoms with Crippen LogP contribution in [-0.4, -0.2) is 17.2 Å². The quantitative estimate of drug-likeness (QED) is 0.383. The molecule has 1 aromatic carbocycles. The molecule has 1 aromatic rings. The molecule has 10 atom stereocenters. The van der Waals surface area contributed by atoms with E-state index in [1.165, 1.54) is 24.8 Å². The first-order chi connectivity index (χ1) is 18.8. The third kappa shape index (κ3) is 3.74. The molecule has 0 heterocycles. The van der Waals surface area contributed by atoms with Crippen molar-refractivity contribution in [1.82, 2.24) is 0 Å². The fourth-order valence-corrected chi connectivity index (χ4v) is 11.9. The second kappa shape index (κ2) is 9.45. The van der Waals surface area contributed by atoms with Crippen LogP contribution in [0.25, 0.3) is 0 Å². The first-order valence-electron chi connectivity index (χ1n) is 16.4. The maximum Gasteiger partial charge on any atom is 0.310 e.